The minimum absolute atomic E-state index is 0.0217. The van der Waals surface area contributed by atoms with Crippen LogP contribution in [0.25, 0.3) is 0 Å². The standard InChI is InChI=1S/C57H109N2O7P/c1-7-10-13-16-19-22-25-27-28-29-30-32-35-38-41-44-47-50-57(61)66-55(48-45-42-39-36-33-24-21-18-15-12-9-3)54(53-65-67(62,63)64-52-51-59(4,5)6)58-56(60)49-46-43-40-37-34-31-26-23-20-17-14-11-8-2/h19,22,27-28,45,48,54-55H,7-18,20-21,23-26,29-44,46-47,49-53H2,1-6H3,(H-,58,60,62,63)/b22-19-,28-27-,48-45+. The Balaban J connectivity index is 5.32. The second-order valence-corrected chi connectivity index (χ2v) is 21.9. The van der Waals surface area contributed by atoms with Crippen LogP contribution < -0.4 is 10.2 Å². The highest BCUT2D eigenvalue weighted by molar-refractivity contribution is 7.45. The summed E-state index contributed by atoms with van der Waals surface area (Å²) < 4.78 is 30.2. The Hall–Kier alpha value is -1.77. The van der Waals surface area contributed by atoms with E-state index in [1.165, 1.54) is 154 Å². The van der Waals surface area contributed by atoms with Crippen molar-refractivity contribution in [2.75, 3.05) is 40.9 Å². The first kappa shape index (κ1) is 65.2. The summed E-state index contributed by atoms with van der Waals surface area (Å²) in [4.78, 5) is 39.8. The predicted octanol–water partition coefficient (Wildman–Crippen LogP) is 16.1. The van der Waals surface area contributed by atoms with Crippen molar-refractivity contribution >= 4 is 19.7 Å². The molecule has 67 heavy (non-hydrogen) atoms. The molecular formula is C57H109N2O7P. The van der Waals surface area contributed by atoms with E-state index in [1.54, 1.807) is 0 Å². The molecule has 3 atom stereocenters. The summed E-state index contributed by atoms with van der Waals surface area (Å²) in [7, 11) is 1.19. The number of rotatable bonds is 51. The van der Waals surface area contributed by atoms with Gasteiger partial charge in [-0.25, -0.2) is 0 Å². The number of quaternary nitrogens is 1. The summed E-state index contributed by atoms with van der Waals surface area (Å²) in [6.07, 6.45) is 55.3. The van der Waals surface area contributed by atoms with Gasteiger partial charge in [0.05, 0.1) is 33.8 Å². The first-order chi connectivity index (χ1) is 32.4. The molecule has 0 aliphatic heterocycles. The third kappa shape index (κ3) is 49.0. The third-order valence-electron chi connectivity index (χ3n) is 12.6. The van der Waals surface area contributed by atoms with Gasteiger partial charge < -0.3 is 28.5 Å². The Morgan fingerprint density at radius 2 is 0.910 bits per heavy atom. The van der Waals surface area contributed by atoms with Gasteiger partial charge >= 0.3 is 5.97 Å². The molecule has 0 saturated carbocycles. The van der Waals surface area contributed by atoms with Crippen LogP contribution in [-0.2, 0) is 27.9 Å². The van der Waals surface area contributed by atoms with Gasteiger partial charge in [-0.3, -0.25) is 14.2 Å². The summed E-state index contributed by atoms with van der Waals surface area (Å²) in [5.74, 6) is -0.543. The van der Waals surface area contributed by atoms with E-state index < -0.39 is 20.0 Å². The number of hydrogen-bond acceptors (Lipinski definition) is 7. The summed E-state index contributed by atoms with van der Waals surface area (Å²) in [5, 5.41) is 3.02. The number of esters is 1. The lowest BCUT2D eigenvalue weighted by atomic mass is 10.0. The van der Waals surface area contributed by atoms with Gasteiger partial charge in [-0.1, -0.05) is 225 Å². The van der Waals surface area contributed by atoms with Crippen molar-refractivity contribution in [3.8, 4) is 0 Å². The SMILES string of the molecule is CCCCC/C=C\C/C=C\CCCCCCCCCC(=O)OC(/C=C/CCCCCCCCCCC)C(COP(=O)([O-])OCC[N+](C)(C)C)NC(=O)CCCCCCCCCCCCCCC. The quantitative estimate of drug-likeness (QED) is 0.0212. The Labute approximate surface area is 415 Å². The maximum Gasteiger partial charge on any atom is 0.306 e. The fourth-order valence-corrected chi connectivity index (χ4v) is 8.86. The molecule has 1 N–H and O–H groups in total. The second-order valence-electron chi connectivity index (χ2n) is 20.4. The predicted molar refractivity (Wildman–Crippen MR) is 284 cm³/mol. The molecule has 0 aromatic rings. The molecule has 0 aliphatic carbocycles. The molecule has 0 bridgehead atoms. The lowest BCUT2D eigenvalue weighted by Gasteiger charge is -2.30. The van der Waals surface area contributed by atoms with Gasteiger partial charge in [-0.2, -0.15) is 0 Å². The van der Waals surface area contributed by atoms with E-state index in [-0.39, 0.29) is 31.5 Å². The van der Waals surface area contributed by atoms with Gasteiger partial charge in [-0.15, -0.1) is 0 Å². The Bertz CT molecular complexity index is 1250. The highest BCUT2D eigenvalue weighted by Crippen LogP contribution is 2.38. The maximum absolute atomic E-state index is 13.4. The number of amides is 1. The minimum Gasteiger partial charge on any atom is -0.756 e. The molecule has 1 amide bonds. The molecule has 394 valence electrons. The smallest absolute Gasteiger partial charge is 0.306 e. The fourth-order valence-electron chi connectivity index (χ4n) is 8.14. The van der Waals surface area contributed by atoms with E-state index in [0.717, 1.165) is 77.0 Å². The second kappa shape index (κ2) is 47.9. The molecule has 0 aromatic heterocycles. The van der Waals surface area contributed by atoms with Gasteiger partial charge in [0.1, 0.15) is 19.3 Å². The van der Waals surface area contributed by atoms with Crippen molar-refractivity contribution in [1.29, 1.82) is 0 Å². The lowest BCUT2D eigenvalue weighted by molar-refractivity contribution is -0.870. The van der Waals surface area contributed by atoms with Crippen LogP contribution in [-0.4, -0.2) is 69.4 Å². The van der Waals surface area contributed by atoms with Crippen LogP contribution in [0.2, 0.25) is 0 Å². The molecule has 0 saturated heterocycles. The third-order valence-corrected chi connectivity index (χ3v) is 13.5. The van der Waals surface area contributed by atoms with Crippen molar-refractivity contribution in [2.45, 2.75) is 277 Å². The minimum atomic E-state index is -4.69. The van der Waals surface area contributed by atoms with Crippen molar-refractivity contribution in [1.82, 2.24) is 5.32 Å². The molecular weight excluding hydrogens is 856 g/mol. The summed E-state index contributed by atoms with van der Waals surface area (Å²) in [5.41, 5.74) is 0. The van der Waals surface area contributed by atoms with E-state index in [2.05, 4.69) is 50.4 Å². The molecule has 0 radical (unpaired) electrons. The molecule has 0 spiro atoms. The Morgan fingerprint density at radius 3 is 1.37 bits per heavy atom. The number of nitrogens with zero attached hydrogens (tertiary/aromatic N) is 1. The van der Waals surface area contributed by atoms with Gasteiger partial charge in [-0.05, 0) is 63.9 Å². The average molecular weight is 965 g/mol. The van der Waals surface area contributed by atoms with Gasteiger partial charge in [0, 0.05) is 12.8 Å². The van der Waals surface area contributed by atoms with Crippen molar-refractivity contribution in [3.63, 3.8) is 0 Å². The van der Waals surface area contributed by atoms with E-state index in [0.29, 0.717) is 17.4 Å². The van der Waals surface area contributed by atoms with Gasteiger partial charge in [0.25, 0.3) is 7.82 Å². The largest absolute Gasteiger partial charge is 0.756 e. The van der Waals surface area contributed by atoms with Gasteiger partial charge in [0.15, 0.2) is 0 Å². The van der Waals surface area contributed by atoms with Crippen molar-refractivity contribution < 1.29 is 37.3 Å². The summed E-state index contributed by atoms with van der Waals surface area (Å²) in [6.45, 7) is 6.81. The van der Waals surface area contributed by atoms with Gasteiger partial charge in [0.2, 0.25) is 5.91 Å². The van der Waals surface area contributed by atoms with Crippen LogP contribution in [0.3, 0.4) is 0 Å². The number of carbonyl (C=O) groups is 2. The highest BCUT2D eigenvalue weighted by Gasteiger charge is 2.27. The number of hydrogen-bond donors (Lipinski definition) is 1. The normalized spacial score (nSPS) is 14.1. The number of likely N-dealkylation sites (N-methyl/N-ethyl adjacent to an activating group) is 1. The molecule has 0 heterocycles. The molecule has 0 aromatic carbocycles. The van der Waals surface area contributed by atoms with Crippen LogP contribution in [0.4, 0.5) is 0 Å². The molecule has 3 unspecified atom stereocenters. The van der Waals surface area contributed by atoms with Crippen molar-refractivity contribution in [3.05, 3.63) is 36.5 Å². The number of carbonyl (C=O) groups excluding carboxylic acids is 2. The molecule has 10 heteroatoms. The fraction of sp³-hybridized carbons (Fsp3) is 0.860. The zero-order chi connectivity index (χ0) is 49.4. The Kier molecular flexibility index (Phi) is 46.6. The average Bonchev–Trinajstić information content (AvgIpc) is 3.28. The monoisotopic (exact) mass is 965 g/mol. The Morgan fingerprint density at radius 1 is 0.522 bits per heavy atom. The lowest BCUT2D eigenvalue weighted by Crippen LogP contribution is -2.47. The van der Waals surface area contributed by atoms with Crippen LogP contribution in [0.1, 0.15) is 265 Å². The molecule has 0 rings (SSSR count). The molecule has 0 aliphatic rings. The summed E-state index contributed by atoms with van der Waals surface area (Å²) >= 11 is 0. The summed E-state index contributed by atoms with van der Waals surface area (Å²) in [6, 6.07) is -0.885. The van der Waals surface area contributed by atoms with E-state index in [4.69, 9.17) is 13.8 Å². The zero-order valence-corrected chi connectivity index (χ0v) is 45.8. The van der Waals surface area contributed by atoms with Crippen LogP contribution >= 0.6 is 7.82 Å². The topological polar surface area (TPSA) is 114 Å². The zero-order valence-electron chi connectivity index (χ0n) is 44.9. The first-order valence-corrected chi connectivity index (χ1v) is 29.8. The number of ether oxygens (including phenoxy) is 1. The maximum atomic E-state index is 13.4. The number of allylic oxidation sites excluding steroid dienone is 5. The molecule has 0 fully saturated rings. The number of nitrogens with one attached hydrogen (secondary N) is 1. The van der Waals surface area contributed by atoms with Crippen LogP contribution in [0, 0.1) is 0 Å². The van der Waals surface area contributed by atoms with E-state index in [1.807, 2.05) is 33.3 Å². The van der Waals surface area contributed by atoms with Crippen molar-refractivity contribution in [2.24, 2.45) is 0 Å². The van der Waals surface area contributed by atoms with Crippen LogP contribution in [0.15, 0.2) is 36.5 Å². The first-order valence-electron chi connectivity index (χ1n) is 28.3. The van der Waals surface area contributed by atoms with Crippen LogP contribution in [0.5, 0.6) is 0 Å². The molecule has 9 nitrogen and oxygen atoms in total. The number of phosphoric acid groups is 1. The number of phosphoric ester groups is 1. The van der Waals surface area contributed by atoms with E-state index in [9.17, 15) is 19.0 Å². The highest BCUT2D eigenvalue weighted by atomic mass is 31.2. The van der Waals surface area contributed by atoms with E-state index >= 15 is 0 Å². The number of unbranched alkanes of at least 4 members (excludes halogenated alkanes) is 31.